The van der Waals surface area contributed by atoms with E-state index >= 15 is 0 Å². The summed E-state index contributed by atoms with van der Waals surface area (Å²) in [5.41, 5.74) is 0.361. The highest BCUT2D eigenvalue weighted by atomic mass is 16.2. The van der Waals surface area contributed by atoms with Crippen molar-refractivity contribution in [2.24, 2.45) is 11.3 Å². The van der Waals surface area contributed by atoms with Gasteiger partial charge in [0, 0.05) is 25.5 Å². The highest BCUT2D eigenvalue weighted by Crippen LogP contribution is 2.34. The summed E-state index contributed by atoms with van der Waals surface area (Å²) in [5, 5.41) is 0. The molecule has 1 aliphatic heterocycles. The van der Waals surface area contributed by atoms with Gasteiger partial charge in [0.15, 0.2) is 0 Å². The van der Waals surface area contributed by atoms with E-state index in [-0.39, 0.29) is 5.91 Å². The molecule has 1 amide bonds. The Morgan fingerprint density at radius 3 is 2.50 bits per heavy atom. The molecule has 0 bridgehead atoms. The standard InChI is InChI=1S/C14H23N3O/c1-14(2,3)12-4-7-17(8-5-12)13(18)10-16-9-6-15-11-16/h6,9,11-12H,4-5,7-8,10H2,1-3H3. The Balaban J connectivity index is 1.84. The highest BCUT2D eigenvalue weighted by Gasteiger charge is 2.30. The number of hydrogen-bond acceptors (Lipinski definition) is 2. The van der Waals surface area contributed by atoms with Crippen LogP contribution in [0, 0.1) is 11.3 Å². The minimum absolute atomic E-state index is 0.209. The van der Waals surface area contributed by atoms with Gasteiger partial charge in [0.1, 0.15) is 6.54 Å². The average molecular weight is 249 g/mol. The fraction of sp³-hybridized carbons (Fsp3) is 0.714. The predicted molar refractivity (Wildman–Crippen MR) is 71.0 cm³/mol. The molecule has 0 aromatic carbocycles. The van der Waals surface area contributed by atoms with Crippen LogP contribution in [0.1, 0.15) is 33.6 Å². The van der Waals surface area contributed by atoms with Crippen LogP contribution in [0.4, 0.5) is 0 Å². The third-order valence-corrected chi connectivity index (χ3v) is 3.95. The molecular formula is C14H23N3O. The zero-order chi connectivity index (χ0) is 13.2. The summed E-state index contributed by atoms with van der Waals surface area (Å²) >= 11 is 0. The monoisotopic (exact) mass is 249 g/mol. The van der Waals surface area contributed by atoms with Crippen molar-refractivity contribution in [2.45, 2.75) is 40.2 Å². The topological polar surface area (TPSA) is 38.1 Å². The van der Waals surface area contributed by atoms with Gasteiger partial charge in [-0.05, 0) is 24.2 Å². The molecule has 1 aliphatic rings. The maximum absolute atomic E-state index is 12.1. The molecule has 0 aliphatic carbocycles. The fourth-order valence-electron chi connectivity index (χ4n) is 2.63. The first-order valence-electron chi connectivity index (χ1n) is 6.70. The molecule has 0 spiro atoms. The smallest absolute Gasteiger partial charge is 0.242 e. The zero-order valence-electron chi connectivity index (χ0n) is 11.6. The van der Waals surface area contributed by atoms with Crippen LogP contribution in [-0.4, -0.2) is 33.4 Å². The number of amides is 1. The van der Waals surface area contributed by atoms with Crippen LogP contribution in [-0.2, 0) is 11.3 Å². The largest absolute Gasteiger partial charge is 0.341 e. The number of nitrogens with zero attached hydrogens (tertiary/aromatic N) is 3. The van der Waals surface area contributed by atoms with Gasteiger partial charge in [0.2, 0.25) is 5.91 Å². The zero-order valence-corrected chi connectivity index (χ0v) is 11.6. The van der Waals surface area contributed by atoms with E-state index in [1.807, 2.05) is 15.7 Å². The van der Waals surface area contributed by atoms with Gasteiger partial charge in [-0.1, -0.05) is 20.8 Å². The number of imidazole rings is 1. The van der Waals surface area contributed by atoms with Gasteiger partial charge >= 0.3 is 0 Å². The van der Waals surface area contributed by atoms with Crippen molar-refractivity contribution >= 4 is 5.91 Å². The average Bonchev–Trinajstić information content (AvgIpc) is 2.81. The second kappa shape index (κ2) is 5.12. The van der Waals surface area contributed by atoms with Crippen LogP contribution in [0.25, 0.3) is 0 Å². The van der Waals surface area contributed by atoms with Gasteiger partial charge < -0.3 is 9.47 Å². The first kappa shape index (κ1) is 13.1. The van der Waals surface area contributed by atoms with Crippen molar-refractivity contribution in [3.63, 3.8) is 0 Å². The number of likely N-dealkylation sites (tertiary alicyclic amines) is 1. The molecule has 0 unspecified atom stereocenters. The van der Waals surface area contributed by atoms with Crippen LogP contribution in [0.3, 0.4) is 0 Å². The Morgan fingerprint density at radius 1 is 1.33 bits per heavy atom. The van der Waals surface area contributed by atoms with Crippen molar-refractivity contribution in [1.82, 2.24) is 14.5 Å². The van der Waals surface area contributed by atoms with Crippen LogP contribution in [0.15, 0.2) is 18.7 Å². The first-order valence-corrected chi connectivity index (χ1v) is 6.70. The minimum atomic E-state index is 0.209. The third kappa shape index (κ3) is 3.12. The van der Waals surface area contributed by atoms with Gasteiger partial charge in [0.25, 0.3) is 0 Å². The molecule has 1 saturated heterocycles. The normalized spacial score (nSPS) is 18.1. The van der Waals surface area contributed by atoms with Crippen molar-refractivity contribution in [1.29, 1.82) is 0 Å². The predicted octanol–water partition coefficient (Wildman–Crippen LogP) is 2.17. The quantitative estimate of drug-likeness (QED) is 0.805. The summed E-state index contributed by atoms with van der Waals surface area (Å²) in [5.74, 6) is 0.940. The number of rotatable bonds is 2. The molecule has 4 heteroatoms. The molecule has 0 saturated carbocycles. The SMILES string of the molecule is CC(C)(C)C1CCN(C(=O)Cn2ccnc2)CC1. The van der Waals surface area contributed by atoms with Crippen LogP contribution in [0.5, 0.6) is 0 Å². The molecule has 2 rings (SSSR count). The highest BCUT2D eigenvalue weighted by molar-refractivity contribution is 5.76. The Morgan fingerprint density at radius 2 is 2.00 bits per heavy atom. The van der Waals surface area contributed by atoms with Gasteiger partial charge in [-0.15, -0.1) is 0 Å². The van der Waals surface area contributed by atoms with E-state index in [0.717, 1.165) is 31.8 Å². The molecule has 0 radical (unpaired) electrons. The van der Waals surface area contributed by atoms with E-state index in [1.165, 1.54) is 0 Å². The summed E-state index contributed by atoms with van der Waals surface area (Å²) in [6, 6.07) is 0. The van der Waals surface area contributed by atoms with Crippen molar-refractivity contribution in [3.8, 4) is 0 Å². The summed E-state index contributed by atoms with van der Waals surface area (Å²) < 4.78 is 1.83. The molecule has 2 heterocycles. The Labute approximate surface area is 109 Å². The molecule has 1 aromatic rings. The second-order valence-corrected chi connectivity index (χ2v) is 6.26. The van der Waals surface area contributed by atoms with E-state index in [1.54, 1.807) is 12.5 Å². The summed E-state index contributed by atoms with van der Waals surface area (Å²) in [4.78, 5) is 18.0. The molecule has 1 aromatic heterocycles. The Bertz CT molecular complexity index is 384. The van der Waals surface area contributed by atoms with Crippen LogP contribution in [0.2, 0.25) is 0 Å². The van der Waals surface area contributed by atoms with Crippen LogP contribution >= 0.6 is 0 Å². The van der Waals surface area contributed by atoms with E-state index in [0.29, 0.717) is 12.0 Å². The van der Waals surface area contributed by atoms with Crippen molar-refractivity contribution in [3.05, 3.63) is 18.7 Å². The van der Waals surface area contributed by atoms with Gasteiger partial charge in [0.05, 0.1) is 6.33 Å². The molecule has 18 heavy (non-hydrogen) atoms. The number of carbonyl (C=O) groups is 1. The number of carbonyl (C=O) groups excluding carboxylic acids is 1. The molecule has 0 N–H and O–H groups in total. The fourth-order valence-corrected chi connectivity index (χ4v) is 2.63. The maximum atomic E-state index is 12.1. The maximum Gasteiger partial charge on any atom is 0.242 e. The first-order chi connectivity index (χ1) is 8.47. The molecule has 4 nitrogen and oxygen atoms in total. The van der Waals surface area contributed by atoms with Crippen molar-refractivity contribution < 1.29 is 4.79 Å². The molecule has 100 valence electrons. The van der Waals surface area contributed by atoms with E-state index < -0.39 is 0 Å². The Hall–Kier alpha value is -1.32. The van der Waals surface area contributed by atoms with Crippen molar-refractivity contribution in [2.75, 3.05) is 13.1 Å². The number of aromatic nitrogens is 2. The van der Waals surface area contributed by atoms with Gasteiger partial charge in [-0.3, -0.25) is 4.79 Å². The minimum Gasteiger partial charge on any atom is -0.341 e. The lowest BCUT2D eigenvalue weighted by atomic mass is 9.75. The van der Waals surface area contributed by atoms with Crippen LogP contribution < -0.4 is 0 Å². The van der Waals surface area contributed by atoms with Gasteiger partial charge in [-0.25, -0.2) is 4.98 Å². The molecular weight excluding hydrogens is 226 g/mol. The lowest BCUT2D eigenvalue weighted by Gasteiger charge is -2.38. The summed E-state index contributed by atoms with van der Waals surface area (Å²) in [7, 11) is 0. The third-order valence-electron chi connectivity index (χ3n) is 3.95. The lowest BCUT2D eigenvalue weighted by Crippen LogP contribution is -2.42. The Kier molecular flexibility index (Phi) is 3.73. The summed E-state index contributed by atoms with van der Waals surface area (Å²) in [6.45, 7) is 9.09. The van der Waals surface area contributed by atoms with E-state index in [2.05, 4.69) is 25.8 Å². The van der Waals surface area contributed by atoms with Gasteiger partial charge in [-0.2, -0.15) is 0 Å². The number of hydrogen-bond donors (Lipinski definition) is 0. The van der Waals surface area contributed by atoms with E-state index in [4.69, 9.17) is 0 Å². The molecule has 0 atom stereocenters. The number of piperidine rings is 1. The molecule has 1 fully saturated rings. The summed E-state index contributed by atoms with van der Waals surface area (Å²) in [6.07, 6.45) is 7.48. The second-order valence-electron chi connectivity index (χ2n) is 6.26. The lowest BCUT2D eigenvalue weighted by molar-refractivity contribution is -0.133. The van der Waals surface area contributed by atoms with E-state index in [9.17, 15) is 4.79 Å².